The van der Waals surface area contributed by atoms with Crippen molar-refractivity contribution in [1.82, 2.24) is 9.38 Å². The molecule has 0 saturated carbocycles. The second kappa shape index (κ2) is 7.35. The van der Waals surface area contributed by atoms with E-state index in [1.54, 1.807) is 12.5 Å². The molecule has 0 N–H and O–H groups in total. The first-order chi connectivity index (χ1) is 6.47. The first-order valence-corrected chi connectivity index (χ1v) is 4.83. The molecule has 0 saturated heterocycles. The molecule has 0 aliphatic heterocycles. The van der Waals surface area contributed by atoms with Crippen LogP contribution in [0.2, 0.25) is 0 Å². The number of aromatic nitrogens is 2. The molecule has 0 unspecified atom stereocenters. The van der Waals surface area contributed by atoms with Crippen LogP contribution < -0.4 is 0 Å². The van der Waals surface area contributed by atoms with E-state index in [2.05, 4.69) is 4.98 Å². The molecule has 0 radical (unpaired) electrons. The Balaban J connectivity index is 0.000000322. The largest absolute Gasteiger partial charge is 0.308 e. The molecule has 13 heavy (non-hydrogen) atoms. The summed E-state index contributed by atoms with van der Waals surface area (Å²) in [6, 6.07) is 6.01. The van der Waals surface area contributed by atoms with E-state index in [0.29, 0.717) is 0 Å². The van der Waals surface area contributed by atoms with Crippen LogP contribution >= 0.6 is 0 Å². The zero-order valence-corrected chi connectivity index (χ0v) is 8.86. The van der Waals surface area contributed by atoms with Gasteiger partial charge in [0.2, 0.25) is 0 Å². The fourth-order valence-electron chi connectivity index (χ4n) is 0.883. The minimum Gasteiger partial charge on any atom is -0.308 e. The summed E-state index contributed by atoms with van der Waals surface area (Å²) >= 11 is 0. The van der Waals surface area contributed by atoms with Crippen molar-refractivity contribution in [3.05, 3.63) is 36.9 Å². The molecule has 2 rings (SSSR count). The molecule has 0 aromatic carbocycles. The summed E-state index contributed by atoms with van der Waals surface area (Å²) in [5.74, 6) is 0. The summed E-state index contributed by atoms with van der Waals surface area (Å²) in [5, 5.41) is 0. The Morgan fingerprint density at radius 2 is 1.77 bits per heavy atom. The highest BCUT2D eigenvalue weighted by Crippen LogP contribution is 1.99. The highest BCUT2D eigenvalue weighted by molar-refractivity contribution is 5.45. The van der Waals surface area contributed by atoms with Crippen LogP contribution in [-0.2, 0) is 0 Å². The molecule has 0 spiro atoms. The minimum atomic E-state index is 1.19. The second-order valence-corrected chi connectivity index (χ2v) is 1.92. The van der Waals surface area contributed by atoms with Gasteiger partial charge < -0.3 is 4.40 Å². The van der Waals surface area contributed by atoms with Crippen LogP contribution in [0.25, 0.3) is 5.52 Å². The van der Waals surface area contributed by atoms with Crippen LogP contribution in [0.1, 0.15) is 27.7 Å². The molecule has 0 aliphatic rings. The van der Waals surface area contributed by atoms with E-state index >= 15 is 0 Å². The van der Waals surface area contributed by atoms with Gasteiger partial charge in [-0.1, -0.05) is 27.7 Å². The Hall–Kier alpha value is -1.31. The van der Waals surface area contributed by atoms with Crippen molar-refractivity contribution in [2.24, 2.45) is 0 Å². The van der Waals surface area contributed by atoms with Gasteiger partial charge in [0.15, 0.2) is 0 Å². The summed E-state index contributed by atoms with van der Waals surface area (Å²) in [6.45, 7) is 8.00. The zero-order chi connectivity index (χ0) is 10.1. The van der Waals surface area contributed by atoms with Gasteiger partial charge in [-0.3, -0.25) is 0 Å². The summed E-state index contributed by atoms with van der Waals surface area (Å²) < 4.78 is 1.97. The first kappa shape index (κ1) is 11.7. The molecule has 0 bridgehead atoms. The Labute approximate surface area is 80.2 Å². The second-order valence-electron chi connectivity index (χ2n) is 1.92. The number of nitrogens with zero attached hydrogens (tertiary/aromatic N) is 2. The number of hydrogen-bond acceptors (Lipinski definition) is 1. The topological polar surface area (TPSA) is 17.3 Å². The lowest BCUT2D eigenvalue weighted by atomic mass is 10.5. The fraction of sp³-hybridized carbons (Fsp3) is 0.364. The van der Waals surface area contributed by atoms with Gasteiger partial charge in [0.25, 0.3) is 0 Å². The van der Waals surface area contributed by atoms with E-state index in [1.165, 1.54) is 5.52 Å². The molecular formula is C11H18N2. The lowest BCUT2D eigenvalue weighted by molar-refractivity contribution is 1.10. The molecule has 0 atom stereocenters. The normalized spacial score (nSPS) is 8.00. The van der Waals surface area contributed by atoms with E-state index in [0.717, 1.165) is 0 Å². The summed E-state index contributed by atoms with van der Waals surface area (Å²) in [5.41, 5.74) is 1.19. The van der Waals surface area contributed by atoms with Gasteiger partial charge >= 0.3 is 0 Å². The van der Waals surface area contributed by atoms with Crippen molar-refractivity contribution in [3.63, 3.8) is 0 Å². The number of fused-ring (bicyclic) bond motifs is 1. The van der Waals surface area contributed by atoms with Crippen molar-refractivity contribution in [2.45, 2.75) is 27.7 Å². The van der Waals surface area contributed by atoms with Crippen molar-refractivity contribution in [3.8, 4) is 0 Å². The molecule has 2 aromatic rings. The van der Waals surface area contributed by atoms with E-state index in [4.69, 9.17) is 0 Å². The van der Waals surface area contributed by atoms with Gasteiger partial charge in [-0.05, 0) is 18.2 Å². The monoisotopic (exact) mass is 178 g/mol. The highest BCUT2D eigenvalue weighted by atomic mass is 14.9. The lowest BCUT2D eigenvalue weighted by Crippen LogP contribution is -1.80. The maximum absolute atomic E-state index is 3.95. The predicted molar refractivity (Wildman–Crippen MR) is 57.9 cm³/mol. The molecule has 2 nitrogen and oxygen atoms in total. The quantitative estimate of drug-likeness (QED) is 0.604. The summed E-state index contributed by atoms with van der Waals surface area (Å²) in [7, 11) is 0. The molecule has 0 amide bonds. The van der Waals surface area contributed by atoms with Crippen LogP contribution in [0.3, 0.4) is 0 Å². The zero-order valence-electron chi connectivity index (χ0n) is 8.86. The highest BCUT2D eigenvalue weighted by Gasteiger charge is 1.84. The molecule has 0 aliphatic carbocycles. The third kappa shape index (κ3) is 3.28. The average Bonchev–Trinajstić information content (AvgIpc) is 2.71. The number of rotatable bonds is 0. The van der Waals surface area contributed by atoms with Crippen LogP contribution in [0.15, 0.2) is 36.9 Å². The average molecular weight is 178 g/mol. The summed E-state index contributed by atoms with van der Waals surface area (Å²) in [6.07, 6.45) is 5.55. The molecule has 72 valence electrons. The van der Waals surface area contributed by atoms with Crippen molar-refractivity contribution in [1.29, 1.82) is 0 Å². The van der Waals surface area contributed by atoms with Crippen molar-refractivity contribution < 1.29 is 0 Å². The Kier molecular flexibility index (Phi) is 6.60. The Morgan fingerprint density at radius 1 is 1.08 bits per heavy atom. The first-order valence-electron chi connectivity index (χ1n) is 4.83. The van der Waals surface area contributed by atoms with E-state index in [9.17, 15) is 0 Å². The van der Waals surface area contributed by atoms with Gasteiger partial charge in [-0.2, -0.15) is 0 Å². The van der Waals surface area contributed by atoms with E-state index in [-0.39, 0.29) is 0 Å². The maximum Gasteiger partial charge on any atom is 0.0990 e. The van der Waals surface area contributed by atoms with Crippen LogP contribution in [0.5, 0.6) is 0 Å². The van der Waals surface area contributed by atoms with Crippen molar-refractivity contribution in [2.75, 3.05) is 0 Å². The summed E-state index contributed by atoms with van der Waals surface area (Å²) in [4.78, 5) is 3.95. The van der Waals surface area contributed by atoms with Crippen LogP contribution in [0.4, 0.5) is 0 Å². The lowest BCUT2D eigenvalue weighted by Gasteiger charge is -1.87. The molecule has 2 heterocycles. The predicted octanol–water partition coefficient (Wildman–Crippen LogP) is 3.39. The molecule has 2 heteroatoms. The molecular weight excluding hydrogens is 160 g/mol. The molecule has 0 fully saturated rings. The van der Waals surface area contributed by atoms with Gasteiger partial charge in [-0.25, -0.2) is 4.98 Å². The van der Waals surface area contributed by atoms with Crippen LogP contribution in [0, 0.1) is 0 Å². The standard InChI is InChI=1S/C7H6N2.2C2H6/c1-2-7-3-4-8-6-9(7)5-1;2*1-2/h1-6H;2*1-2H3. The van der Waals surface area contributed by atoms with Crippen LogP contribution in [-0.4, -0.2) is 9.38 Å². The fourth-order valence-corrected chi connectivity index (χ4v) is 0.883. The van der Waals surface area contributed by atoms with Gasteiger partial charge in [0.05, 0.1) is 6.33 Å². The third-order valence-corrected chi connectivity index (χ3v) is 1.33. The maximum atomic E-state index is 3.95. The van der Waals surface area contributed by atoms with E-state index < -0.39 is 0 Å². The minimum absolute atomic E-state index is 1.19. The third-order valence-electron chi connectivity index (χ3n) is 1.33. The van der Waals surface area contributed by atoms with E-state index in [1.807, 2.05) is 56.5 Å². The Bertz CT molecular complexity index is 282. The van der Waals surface area contributed by atoms with Gasteiger partial charge in [0.1, 0.15) is 0 Å². The van der Waals surface area contributed by atoms with Crippen molar-refractivity contribution >= 4 is 5.52 Å². The van der Waals surface area contributed by atoms with Gasteiger partial charge in [0, 0.05) is 17.9 Å². The SMILES string of the molecule is CC.CC.c1cc2ccncn2c1. The smallest absolute Gasteiger partial charge is 0.0990 e. The molecule has 2 aromatic heterocycles. The van der Waals surface area contributed by atoms with Gasteiger partial charge in [-0.15, -0.1) is 0 Å². The number of hydrogen-bond donors (Lipinski definition) is 0. The Morgan fingerprint density at radius 3 is 2.38 bits per heavy atom.